The zero-order valence-corrected chi connectivity index (χ0v) is 18.7. The molecule has 3 N–H and O–H groups in total. The molecule has 2 aromatic rings. The SMILES string of the molecule is BNC(=C\C=C/C)/C(CCN)=C1N=C(/C=C/c2ccc(-c3ccccc3)s2)C=C\1C. The topological polar surface area (TPSA) is 50.4 Å². The Morgan fingerprint density at radius 1 is 1.17 bits per heavy atom. The minimum Gasteiger partial charge on any atom is -0.434 e. The summed E-state index contributed by atoms with van der Waals surface area (Å²) in [4.78, 5) is 7.39. The summed E-state index contributed by atoms with van der Waals surface area (Å²) in [6.07, 6.45) is 13.3. The van der Waals surface area contributed by atoms with Crippen LogP contribution in [-0.2, 0) is 0 Å². The molecular formula is C25H28BN3S. The van der Waals surface area contributed by atoms with E-state index in [0.29, 0.717) is 6.54 Å². The van der Waals surface area contributed by atoms with Crippen molar-refractivity contribution in [2.45, 2.75) is 20.3 Å². The van der Waals surface area contributed by atoms with Crippen LogP contribution in [0.2, 0.25) is 0 Å². The molecule has 1 aliphatic heterocycles. The lowest BCUT2D eigenvalue weighted by Gasteiger charge is -2.14. The molecule has 0 atom stereocenters. The monoisotopic (exact) mass is 413 g/mol. The largest absolute Gasteiger partial charge is 0.434 e. The van der Waals surface area contributed by atoms with Gasteiger partial charge in [-0.1, -0.05) is 42.5 Å². The van der Waals surface area contributed by atoms with E-state index >= 15 is 0 Å². The number of benzene rings is 1. The molecule has 0 unspecified atom stereocenters. The third kappa shape index (κ3) is 5.38. The molecule has 0 amide bonds. The highest BCUT2D eigenvalue weighted by Gasteiger charge is 2.16. The van der Waals surface area contributed by atoms with Crippen LogP contribution in [0.15, 0.2) is 100 Å². The summed E-state index contributed by atoms with van der Waals surface area (Å²) in [5, 5.41) is 3.29. The van der Waals surface area contributed by atoms with Gasteiger partial charge in [0.2, 0.25) is 7.98 Å². The van der Waals surface area contributed by atoms with E-state index in [1.54, 1.807) is 11.3 Å². The van der Waals surface area contributed by atoms with E-state index in [9.17, 15) is 0 Å². The highest BCUT2D eigenvalue weighted by molar-refractivity contribution is 7.16. The number of hydrogen-bond donors (Lipinski definition) is 2. The Labute approximate surface area is 184 Å². The van der Waals surface area contributed by atoms with Gasteiger partial charge in [-0.15, -0.1) is 11.3 Å². The van der Waals surface area contributed by atoms with Crippen LogP contribution in [0.5, 0.6) is 0 Å². The Kier molecular flexibility index (Phi) is 7.83. The van der Waals surface area contributed by atoms with Crippen molar-refractivity contribution < 1.29 is 0 Å². The maximum atomic E-state index is 5.90. The quantitative estimate of drug-likeness (QED) is 0.471. The second kappa shape index (κ2) is 10.8. The first-order valence-corrected chi connectivity index (χ1v) is 11.0. The van der Waals surface area contributed by atoms with Crippen molar-refractivity contribution in [1.82, 2.24) is 5.23 Å². The van der Waals surface area contributed by atoms with Crippen molar-refractivity contribution in [3.63, 3.8) is 0 Å². The van der Waals surface area contributed by atoms with E-state index in [0.717, 1.165) is 34.7 Å². The van der Waals surface area contributed by atoms with Gasteiger partial charge in [0.15, 0.2) is 0 Å². The number of nitrogens with two attached hydrogens (primary N) is 1. The number of thiophene rings is 1. The molecule has 30 heavy (non-hydrogen) atoms. The van der Waals surface area contributed by atoms with Gasteiger partial charge in [0.25, 0.3) is 0 Å². The standard InChI is InChI=1S/C25H28BN3S/c1-3-4-10-23(29-26)22(15-16-27)25-18(2)17-20(28-25)11-12-21-13-14-24(30-21)19-8-6-5-7-9-19/h3-14,17,29H,15-16,26-27H2,1-2H3/b4-3-,12-11+,23-10-,25-22-. The molecule has 3 rings (SSSR count). The maximum Gasteiger partial charge on any atom is 0.213 e. The second-order valence-corrected chi connectivity index (χ2v) is 8.10. The molecule has 0 spiro atoms. The third-order valence-electron chi connectivity index (χ3n) is 4.81. The van der Waals surface area contributed by atoms with Gasteiger partial charge < -0.3 is 11.0 Å². The molecule has 1 aliphatic rings. The Hall–Kier alpha value is -2.89. The van der Waals surface area contributed by atoms with E-state index in [2.05, 4.69) is 72.9 Å². The predicted octanol–water partition coefficient (Wildman–Crippen LogP) is 5.03. The zero-order chi connectivity index (χ0) is 21.3. The van der Waals surface area contributed by atoms with Crippen LogP contribution in [0.3, 0.4) is 0 Å². The summed E-state index contributed by atoms with van der Waals surface area (Å²) in [6, 6.07) is 14.8. The summed E-state index contributed by atoms with van der Waals surface area (Å²) in [5.41, 5.74) is 12.5. The van der Waals surface area contributed by atoms with Crippen LogP contribution in [0.25, 0.3) is 16.5 Å². The molecule has 3 nitrogen and oxygen atoms in total. The maximum absolute atomic E-state index is 5.90. The molecule has 0 saturated heterocycles. The number of aliphatic imine (C=N–C) groups is 1. The van der Waals surface area contributed by atoms with E-state index in [4.69, 9.17) is 10.7 Å². The molecule has 0 radical (unpaired) electrons. The first-order chi connectivity index (χ1) is 14.7. The molecule has 2 heterocycles. The number of nitrogens with zero attached hydrogens (tertiary/aromatic N) is 1. The fraction of sp³-hybridized carbons (Fsp3) is 0.160. The summed E-state index contributed by atoms with van der Waals surface area (Å²) in [6.45, 7) is 4.70. The van der Waals surface area contributed by atoms with Gasteiger partial charge >= 0.3 is 0 Å². The predicted molar refractivity (Wildman–Crippen MR) is 135 cm³/mol. The number of nitrogens with one attached hydrogen (secondary N) is 1. The lowest BCUT2D eigenvalue weighted by Crippen LogP contribution is -2.14. The van der Waals surface area contributed by atoms with Crippen molar-refractivity contribution >= 4 is 31.1 Å². The molecule has 0 aliphatic carbocycles. The highest BCUT2D eigenvalue weighted by Crippen LogP contribution is 2.30. The van der Waals surface area contributed by atoms with E-state index in [1.807, 2.05) is 33.1 Å². The van der Waals surface area contributed by atoms with E-state index in [1.165, 1.54) is 15.3 Å². The molecule has 152 valence electrons. The van der Waals surface area contributed by atoms with Gasteiger partial charge in [-0.05, 0) is 74.4 Å². The van der Waals surface area contributed by atoms with Crippen LogP contribution >= 0.6 is 11.3 Å². The average Bonchev–Trinajstić information content (AvgIpc) is 3.39. The van der Waals surface area contributed by atoms with E-state index in [-0.39, 0.29) is 0 Å². The van der Waals surface area contributed by atoms with Crippen LogP contribution in [0, 0.1) is 0 Å². The Morgan fingerprint density at radius 3 is 2.67 bits per heavy atom. The molecule has 0 bridgehead atoms. The van der Waals surface area contributed by atoms with Crippen LogP contribution in [0.1, 0.15) is 25.1 Å². The molecule has 1 aromatic heterocycles. The van der Waals surface area contributed by atoms with Gasteiger partial charge in [-0.25, -0.2) is 4.99 Å². The summed E-state index contributed by atoms with van der Waals surface area (Å²) < 4.78 is 0. The number of allylic oxidation sites excluding steroid dienone is 7. The molecule has 1 aromatic carbocycles. The fourth-order valence-electron chi connectivity index (χ4n) is 3.35. The van der Waals surface area contributed by atoms with Gasteiger partial charge in [-0.3, -0.25) is 0 Å². The summed E-state index contributed by atoms with van der Waals surface area (Å²) >= 11 is 1.79. The lowest BCUT2D eigenvalue weighted by atomic mass is 10.0. The lowest BCUT2D eigenvalue weighted by molar-refractivity contribution is 0.921. The van der Waals surface area contributed by atoms with Gasteiger partial charge in [-0.2, -0.15) is 0 Å². The second-order valence-electron chi connectivity index (χ2n) is 6.99. The van der Waals surface area contributed by atoms with Gasteiger partial charge in [0.05, 0.1) is 11.4 Å². The Bertz CT molecular complexity index is 1050. The van der Waals surface area contributed by atoms with Gasteiger partial charge in [0.1, 0.15) is 0 Å². The van der Waals surface area contributed by atoms with Crippen molar-refractivity contribution in [1.29, 1.82) is 0 Å². The molecule has 5 heteroatoms. The summed E-state index contributed by atoms with van der Waals surface area (Å²) in [5.74, 6) is 0. The first kappa shape index (κ1) is 21.8. The smallest absolute Gasteiger partial charge is 0.213 e. The molecule has 0 saturated carbocycles. The van der Waals surface area contributed by atoms with Crippen molar-refractivity contribution in [3.8, 4) is 10.4 Å². The minimum atomic E-state index is 0.582. The first-order valence-electron chi connectivity index (χ1n) is 10.2. The van der Waals surface area contributed by atoms with Crippen molar-refractivity contribution in [2.24, 2.45) is 10.7 Å². The van der Waals surface area contributed by atoms with Crippen LogP contribution < -0.4 is 11.0 Å². The van der Waals surface area contributed by atoms with Crippen LogP contribution in [0.4, 0.5) is 0 Å². The van der Waals surface area contributed by atoms with Crippen LogP contribution in [-0.4, -0.2) is 20.2 Å². The number of hydrogen-bond acceptors (Lipinski definition) is 4. The summed E-state index contributed by atoms with van der Waals surface area (Å²) in [7, 11) is 1.94. The highest BCUT2D eigenvalue weighted by atomic mass is 32.1. The molecular weight excluding hydrogens is 385 g/mol. The normalized spacial score (nSPS) is 16.3. The molecule has 0 fully saturated rings. The van der Waals surface area contributed by atoms with E-state index < -0.39 is 0 Å². The van der Waals surface area contributed by atoms with Crippen molar-refractivity contribution in [2.75, 3.05) is 6.54 Å². The average molecular weight is 413 g/mol. The fourth-order valence-corrected chi connectivity index (χ4v) is 4.27. The van der Waals surface area contributed by atoms with Gasteiger partial charge in [0, 0.05) is 21.0 Å². The zero-order valence-electron chi connectivity index (χ0n) is 17.9. The van der Waals surface area contributed by atoms with Crippen molar-refractivity contribution in [3.05, 3.63) is 100 Å². The third-order valence-corrected chi connectivity index (χ3v) is 5.91. The Morgan fingerprint density at radius 2 is 1.97 bits per heavy atom. The minimum absolute atomic E-state index is 0.582. The number of rotatable bonds is 8. The Balaban J connectivity index is 1.86.